The van der Waals surface area contributed by atoms with Crippen LogP contribution in [0.1, 0.15) is 36.0 Å². The Kier molecular flexibility index (Phi) is 4.43. The zero-order valence-electron chi connectivity index (χ0n) is 12.4. The van der Waals surface area contributed by atoms with Gasteiger partial charge in [0, 0.05) is 11.6 Å². The first-order chi connectivity index (χ1) is 10.8. The summed E-state index contributed by atoms with van der Waals surface area (Å²) < 4.78 is 1.55. The van der Waals surface area contributed by atoms with Crippen LogP contribution in [0.3, 0.4) is 0 Å². The minimum absolute atomic E-state index is 0.0476. The molecule has 1 aliphatic carbocycles. The van der Waals surface area contributed by atoms with E-state index in [0.717, 1.165) is 24.9 Å². The molecule has 1 aliphatic rings. The predicted octanol–water partition coefficient (Wildman–Crippen LogP) is 0.910. The van der Waals surface area contributed by atoms with Crippen molar-refractivity contribution in [1.29, 1.82) is 0 Å². The average molecular weight is 300 g/mol. The van der Waals surface area contributed by atoms with Crippen LogP contribution in [0.2, 0.25) is 0 Å². The fourth-order valence-corrected chi connectivity index (χ4v) is 2.98. The first-order valence-corrected chi connectivity index (χ1v) is 7.62. The number of hydrogen-bond acceptors (Lipinski definition) is 5. The van der Waals surface area contributed by atoms with Gasteiger partial charge >= 0.3 is 0 Å². The Morgan fingerprint density at radius 3 is 2.73 bits per heavy atom. The van der Waals surface area contributed by atoms with Gasteiger partial charge in [0.15, 0.2) is 0 Å². The molecule has 0 radical (unpaired) electrons. The molecule has 116 valence electrons. The van der Waals surface area contributed by atoms with Crippen molar-refractivity contribution in [2.75, 3.05) is 6.54 Å². The maximum atomic E-state index is 12.4. The molecule has 7 nitrogen and oxygen atoms in total. The molecular weight excluding hydrogens is 280 g/mol. The van der Waals surface area contributed by atoms with Crippen molar-refractivity contribution in [3.63, 3.8) is 0 Å². The van der Waals surface area contributed by atoms with E-state index in [9.17, 15) is 4.79 Å². The van der Waals surface area contributed by atoms with E-state index in [1.165, 1.54) is 12.7 Å². The lowest BCUT2D eigenvalue weighted by atomic mass is 9.84. The van der Waals surface area contributed by atoms with Gasteiger partial charge in [-0.05, 0) is 60.0 Å². The summed E-state index contributed by atoms with van der Waals surface area (Å²) in [5.74, 6) is 0.340. The fraction of sp³-hybridized carbons (Fsp3) is 0.467. The normalized spacial score (nSPS) is 21.5. The van der Waals surface area contributed by atoms with Gasteiger partial charge < -0.3 is 11.1 Å². The molecule has 1 aromatic heterocycles. The van der Waals surface area contributed by atoms with E-state index in [4.69, 9.17) is 5.73 Å². The lowest BCUT2D eigenvalue weighted by molar-refractivity contribution is 0.0908. The van der Waals surface area contributed by atoms with Gasteiger partial charge in [0.25, 0.3) is 5.91 Å². The molecule has 3 rings (SSSR count). The Morgan fingerprint density at radius 1 is 1.27 bits per heavy atom. The molecule has 0 bridgehead atoms. The summed E-state index contributed by atoms with van der Waals surface area (Å²) in [5, 5.41) is 14.1. The molecule has 0 saturated heterocycles. The Hall–Kier alpha value is -2.28. The van der Waals surface area contributed by atoms with Crippen molar-refractivity contribution in [3.8, 4) is 5.69 Å². The quantitative estimate of drug-likeness (QED) is 0.874. The number of nitrogens with zero attached hydrogens (tertiary/aromatic N) is 4. The van der Waals surface area contributed by atoms with Crippen molar-refractivity contribution >= 4 is 5.91 Å². The van der Waals surface area contributed by atoms with Crippen LogP contribution in [0.4, 0.5) is 0 Å². The first kappa shape index (κ1) is 14.6. The van der Waals surface area contributed by atoms with Crippen LogP contribution in [0.25, 0.3) is 5.69 Å². The molecule has 0 aliphatic heterocycles. The second-order valence-corrected chi connectivity index (χ2v) is 5.66. The van der Waals surface area contributed by atoms with Crippen molar-refractivity contribution in [2.45, 2.75) is 31.7 Å². The zero-order chi connectivity index (χ0) is 15.4. The number of nitrogens with one attached hydrogen (secondary N) is 1. The van der Waals surface area contributed by atoms with Gasteiger partial charge in [0.05, 0.1) is 5.69 Å². The van der Waals surface area contributed by atoms with Crippen LogP contribution in [0, 0.1) is 5.92 Å². The third-order valence-corrected chi connectivity index (χ3v) is 4.27. The van der Waals surface area contributed by atoms with E-state index >= 15 is 0 Å². The Labute approximate surface area is 128 Å². The summed E-state index contributed by atoms with van der Waals surface area (Å²) in [6.45, 7) is 0.628. The lowest BCUT2D eigenvalue weighted by Crippen LogP contribution is -2.44. The SMILES string of the molecule is NCC1CCCCC1NC(=O)c1ccc(-n2cnnn2)cc1. The van der Waals surface area contributed by atoms with Gasteiger partial charge in [-0.25, -0.2) is 4.68 Å². The van der Waals surface area contributed by atoms with Gasteiger partial charge in [0.2, 0.25) is 0 Å². The third kappa shape index (κ3) is 3.14. The van der Waals surface area contributed by atoms with Crippen molar-refractivity contribution in [3.05, 3.63) is 36.2 Å². The van der Waals surface area contributed by atoms with E-state index in [0.29, 0.717) is 18.0 Å². The molecule has 3 N–H and O–H groups in total. The van der Waals surface area contributed by atoms with Crippen LogP contribution < -0.4 is 11.1 Å². The molecule has 2 unspecified atom stereocenters. The van der Waals surface area contributed by atoms with Gasteiger partial charge in [-0.3, -0.25) is 4.79 Å². The van der Waals surface area contributed by atoms with Crippen LogP contribution >= 0.6 is 0 Å². The molecule has 1 heterocycles. The third-order valence-electron chi connectivity index (χ3n) is 4.27. The molecule has 1 fully saturated rings. The van der Waals surface area contributed by atoms with Gasteiger partial charge in [0.1, 0.15) is 6.33 Å². The smallest absolute Gasteiger partial charge is 0.251 e. The number of carbonyl (C=O) groups is 1. The minimum Gasteiger partial charge on any atom is -0.349 e. The number of benzene rings is 1. The van der Waals surface area contributed by atoms with Gasteiger partial charge in [-0.2, -0.15) is 0 Å². The number of carbonyl (C=O) groups excluding carboxylic acids is 1. The average Bonchev–Trinajstić information content (AvgIpc) is 3.10. The van der Waals surface area contributed by atoms with Crippen LogP contribution in [-0.4, -0.2) is 38.7 Å². The number of tetrazole rings is 1. The topological polar surface area (TPSA) is 98.7 Å². The molecule has 2 aromatic rings. The van der Waals surface area contributed by atoms with E-state index in [2.05, 4.69) is 20.8 Å². The summed E-state index contributed by atoms with van der Waals surface area (Å²) in [6.07, 6.45) is 5.98. The Balaban J connectivity index is 1.67. The summed E-state index contributed by atoms with van der Waals surface area (Å²) in [4.78, 5) is 12.4. The lowest BCUT2D eigenvalue weighted by Gasteiger charge is -2.31. The number of rotatable bonds is 4. The first-order valence-electron chi connectivity index (χ1n) is 7.62. The summed E-state index contributed by atoms with van der Waals surface area (Å²) >= 11 is 0. The molecule has 1 amide bonds. The van der Waals surface area contributed by atoms with Crippen molar-refractivity contribution in [2.24, 2.45) is 11.7 Å². The maximum absolute atomic E-state index is 12.4. The second-order valence-electron chi connectivity index (χ2n) is 5.66. The monoisotopic (exact) mass is 300 g/mol. The maximum Gasteiger partial charge on any atom is 0.251 e. The van der Waals surface area contributed by atoms with Crippen LogP contribution in [-0.2, 0) is 0 Å². The standard InChI is InChI=1S/C15H20N6O/c16-9-12-3-1-2-4-14(12)18-15(22)11-5-7-13(8-6-11)21-10-17-19-20-21/h5-8,10,12,14H,1-4,9,16H2,(H,18,22). The largest absolute Gasteiger partial charge is 0.349 e. The van der Waals surface area contributed by atoms with Crippen LogP contribution in [0.5, 0.6) is 0 Å². The van der Waals surface area contributed by atoms with Gasteiger partial charge in [-0.15, -0.1) is 5.10 Å². The van der Waals surface area contributed by atoms with E-state index in [-0.39, 0.29) is 11.9 Å². The molecule has 7 heteroatoms. The highest BCUT2D eigenvalue weighted by atomic mass is 16.1. The minimum atomic E-state index is -0.0476. The molecule has 2 atom stereocenters. The molecule has 1 aromatic carbocycles. The number of nitrogens with two attached hydrogens (primary N) is 1. The van der Waals surface area contributed by atoms with E-state index in [1.807, 2.05) is 12.1 Å². The fourth-order valence-electron chi connectivity index (χ4n) is 2.98. The highest BCUT2D eigenvalue weighted by Crippen LogP contribution is 2.23. The number of hydrogen-bond donors (Lipinski definition) is 2. The molecular formula is C15H20N6O. The van der Waals surface area contributed by atoms with E-state index in [1.54, 1.807) is 16.8 Å². The second kappa shape index (κ2) is 6.65. The van der Waals surface area contributed by atoms with E-state index < -0.39 is 0 Å². The number of aromatic nitrogens is 4. The predicted molar refractivity (Wildman–Crippen MR) is 81.4 cm³/mol. The van der Waals surface area contributed by atoms with Crippen molar-refractivity contribution in [1.82, 2.24) is 25.5 Å². The molecule has 1 saturated carbocycles. The molecule has 22 heavy (non-hydrogen) atoms. The number of amides is 1. The van der Waals surface area contributed by atoms with Gasteiger partial charge in [-0.1, -0.05) is 12.8 Å². The summed E-state index contributed by atoms with van der Waals surface area (Å²) in [7, 11) is 0. The Morgan fingerprint density at radius 2 is 2.05 bits per heavy atom. The summed E-state index contributed by atoms with van der Waals surface area (Å²) in [5.41, 5.74) is 7.27. The Bertz CT molecular complexity index is 609. The molecule has 0 spiro atoms. The zero-order valence-corrected chi connectivity index (χ0v) is 12.4. The van der Waals surface area contributed by atoms with Crippen LogP contribution in [0.15, 0.2) is 30.6 Å². The summed E-state index contributed by atoms with van der Waals surface area (Å²) in [6, 6.07) is 7.41. The highest BCUT2D eigenvalue weighted by molar-refractivity contribution is 5.94. The highest BCUT2D eigenvalue weighted by Gasteiger charge is 2.25. The van der Waals surface area contributed by atoms with Crippen molar-refractivity contribution < 1.29 is 4.79 Å².